The lowest BCUT2D eigenvalue weighted by atomic mass is 9.81. The SMILES string of the molecule is CC(C)(C)C(CBr)CN1CCN(c2ccccc2)CC1. The van der Waals surface area contributed by atoms with Gasteiger partial charge in [0.25, 0.3) is 0 Å². The molecule has 1 aliphatic heterocycles. The number of anilines is 1. The van der Waals surface area contributed by atoms with E-state index in [-0.39, 0.29) is 0 Å². The first-order chi connectivity index (χ1) is 9.50. The van der Waals surface area contributed by atoms with Crippen molar-refractivity contribution >= 4 is 21.6 Å². The standard InChI is InChI=1S/C17H27BrN2/c1-17(2,3)15(13-18)14-19-9-11-20(12-10-19)16-7-5-4-6-8-16/h4-8,15H,9-14H2,1-3H3. The zero-order valence-electron chi connectivity index (χ0n) is 13.0. The second kappa shape index (κ2) is 6.95. The third-order valence-corrected chi connectivity index (χ3v) is 5.16. The molecule has 0 radical (unpaired) electrons. The number of nitrogens with zero attached hydrogens (tertiary/aromatic N) is 2. The van der Waals surface area contributed by atoms with Gasteiger partial charge in [-0.2, -0.15) is 0 Å². The molecule has 1 aromatic carbocycles. The molecule has 1 aliphatic rings. The smallest absolute Gasteiger partial charge is 0.0367 e. The maximum Gasteiger partial charge on any atom is 0.0367 e. The molecule has 1 heterocycles. The fraction of sp³-hybridized carbons (Fsp3) is 0.647. The molecule has 1 fully saturated rings. The van der Waals surface area contributed by atoms with Gasteiger partial charge in [-0.1, -0.05) is 54.9 Å². The summed E-state index contributed by atoms with van der Waals surface area (Å²) in [6.07, 6.45) is 0. The van der Waals surface area contributed by atoms with E-state index in [2.05, 4.69) is 76.8 Å². The topological polar surface area (TPSA) is 6.48 Å². The van der Waals surface area contributed by atoms with Crippen molar-refractivity contribution in [3.8, 4) is 0 Å². The molecule has 0 aromatic heterocycles. The summed E-state index contributed by atoms with van der Waals surface area (Å²) in [6, 6.07) is 10.8. The molecule has 1 unspecified atom stereocenters. The molecule has 2 nitrogen and oxygen atoms in total. The number of alkyl halides is 1. The minimum Gasteiger partial charge on any atom is -0.369 e. The molecule has 0 N–H and O–H groups in total. The van der Waals surface area contributed by atoms with Gasteiger partial charge in [-0.15, -0.1) is 0 Å². The molecule has 1 saturated heterocycles. The first kappa shape index (κ1) is 15.8. The predicted molar refractivity (Wildman–Crippen MR) is 91.8 cm³/mol. The van der Waals surface area contributed by atoms with Crippen LogP contribution in [0, 0.1) is 11.3 Å². The maximum atomic E-state index is 3.69. The van der Waals surface area contributed by atoms with Gasteiger partial charge in [0.15, 0.2) is 0 Å². The highest BCUT2D eigenvalue weighted by Crippen LogP contribution is 2.28. The van der Waals surface area contributed by atoms with Gasteiger partial charge in [0.05, 0.1) is 0 Å². The van der Waals surface area contributed by atoms with Gasteiger partial charge in [-0.3, -0.25) is 4.90 Å². The second-order valence-electron chi connectivity index (χ2n) is 6.84. The number of piperazine rings is 1. The molecule has 1 atom stereocenters. The molecule has 3 heteroatoms. The minimum atomic E-state index is 0.375. The van der Waals surface area contributed by atoms with Crippen LogP contribution in [-0.4, -0.2) is 43.0 Å². The molecular formula is C17H27BrN2. The van der Waals surface area contributed by atoms with Crippen molar-refractivity contribution in [3.05, 3.63) is 30.3 Å². The van der Waals surface area contributed by atoms with E-state index < -0.39 is 0 Å². The first-order valence-corrected chi connectivity index (χ1v) is 8.71. The van der Waals surface area contributed by atoms with E-state index in [1.165, 1.54) is 25.3 Å². The molecule has 0 amide bonds. The molecule has 0 saturated carbocycles. The molecule has 0 spiro atoms. The second-order valence-corrected chi connectivity index (χ2v) is 7.49. The van der Waals surface area contributed by atoms with Gasteiger partial charge in [0.1, 0.15) is 0 Å². The molecule has 2 rings (SSSR count). The van der Waals surface area contributed by atoms with Crippen LogP contribution in [0.5, 0.6) is 0 Å². The zero-order valence-corrected chi connectivity index (χ0v) is 14.6. The summed E-state index contributed by atoms with van der Waals surface area (Å²) >= 11 is 3.69. The van der Waals surface area contributed by atoms with Crippen LogP contribution in [0.15, 0.2) is 30.3 Å². The zero-order chi connectivity index (χ0) is 14.6. The highest BCUT2D eigenvalue weighted by Gasteiger charge is 2.27. The minimum absolute atomic E-state index is 0.375. The largest absolute Gasteiger partial charge is 0.369 e. The van der Waals surface area contributed by atoms with Crippen LogP contribution in [-0.2, 0) is 0 Å². The highest BCUT2D eigenvalue weighted by molar-refractivity contribution is 9.09. The van der Waals surface area contributed by atoms with Crippen molar-refractivity contribution in [3.63, 3.8) is 0 Å². The van der Waals surface area contributed by atoms with Gasteiger partial charge in [-0.25, -0.2) is 0 Å². The van der Waals surface area contributed by atoms with Crippen molar-refractivity contribution in [1.82, 2.24) is 4.90 Å². The Hall–Kier alpha value is -0.540. The summed E-state index contributed by atoms with van der Waals surface area (Å²) in [4.78, 5) is 5.12. The summed E-state index contributed by atoms with van der Waals surface area (Å²) in [5, 5.41) is 1.09. The molecular weight excluding hydrogens is 312 g/mol. The van der Waals surface area contributed by atoms with Gasteiger partial charge in [0, 0.05) is 43.7 Å². The fourth-order valence-electron chi connectivity index (χ4n) is 2.69. The molecule has 0 bridgehead atoms. The average molecular weight is 339 g/mol. The lowest BCUT2D eigenvalue weighted by molar-refractivity contribution is 0.159. The van der Waals surface area contributed by atoms with Crippen LogP contribution in [0.2, 0.25) is 0 Å². The van der Waals surface area contributed by atoms with E-state index in [1.54, 1.807) is 0 Å². The summed E-state index contributed by atoms with van der Waals surface area (Å²) in [5.41, 5.74) is 1.74. The van der Waals surface area contributed by atoms with Crippen LogP contribution in [0.25, 0.3) is 0 Å². The Morgan fingerprint density at radius 1 is 1.05 bits per heavy atom. The van der Waals surface area contributed by atoms with E-state index >= 15 is 0 Å². The number of benzene rings is 1. The number of hydrogen-bond acceptors (Lipinski definition) is 2. The van der Waals surface area contributed by atoms with Crippen LogP contribution >= 0.6 is 15.9 Å². The Kier molecular flexibility index (Phi) is 5.50. The van der Waals surface area contributed by atoms with E-state index in [0.717, 1.165) is 18.4 Å². The van der Waals surface area contributed by atoms with E-state index in [1.807, 2.05) is 0 Å². The summed E-state index contributed by atoms with van der Waals surface area (Å²) in [6.45, 7) is 12.9. The maximum absolute atomic E-state index is 3.69. The van der Waals surface area contributed by atoms with Crippen molar-refractivity contribution in [2.45, 2.75) is 20.8 Å². The van der Waals surface area contributed by atoms with E-state index in [9.17, 15) is 0 Å². The third-order valence-electron chi connectivity index (χ3n) is 4.38. The van der Waals surface area contributed by atoms with Crippen molar-refractivity contribution in [1.29, 1.82) is 0 Å². The van der Waals surface area contributed by atoms with Crippen LogP contribution in [0.1, 0.15) is 20.8 Å². The van der Waals surface area contributed by atoms with E-state index in [4.69, 9.17) is 0 Å². The summed E-state index contributed by atoms with van der Waals surface area (Å²) in [5.74, 6) is 0.714. The van der Waals surface area contributed by atoms with Crippen molar-refractivity contribution in [2.24, 2.45) is 11.3 Å². The predicted octanol–water partition coefficient (Wildman–Crippen LogP) is 3.87. The fourth-order valence-corrected chi connectivity index (χ4v) is 3.87. The summed E-state index contributed by atoms with van der Waals surface area (Å²) < 4.78 is 0. The lowest BCUT2D eigenvalue weighted by Crippen LogP contribution is -2.49. The Labute approximate surface area is 132 Å². The quantitative estimate of drug-likeness (QED) is 0.769. The summed E-state index contributed by atoms with van der Waals surface area (Å²) in [7, 11) is 0. The highest BCUT2D eigenvalue weighted by atomic mass is 79.9. The van der Waals surface area contributed by atoms with Crippen molar-refractivity contribution in [2.75, 3.05) is 43.0 Å². The Balaban J connectivity index is 1.85. The average Bonchev–Trinajstić information content (AvgIpc) is 2.45. The van der Waals surface area contributed by atoms with Gasteiger partial charge >= 0.3 is 0 Å². The molecule has 1 aromatic rings. The number of para-hydroxylation sites is 1. The van der Waals surface area contributed by atoms with Gasteiger partial charge < -0.3 is 4.90 Å². The Morgan fingerprint density at radius 3 is 2.15 bits per heavy atom. The van der Waals surface area contributed by atoms with Crippen LogP contribution in [0.3, 0.4) is 0 Å². The number of rotatable bonds is 4. The number of hydrogen-bond donors (Lipinski definition) is 0. The van der Waals surface area contributed by atoms with E-state index in [0.29, 0.717) is 11.3 Å². The molecule has 0 aliphatic carbocycles. The van der Waals surface area contributed by atoms with Gasteiger partial charge in [0.2, 0.25) is 0 Å². The monoisotopic (exact) mass is 338 g/mol. The molecule has 20 heavy (non-hydrogen) atoms. The van der Waals surface area contributed by atoms with Gasteiger partial charge in [-0.05, 0) is 23.5 Å². The van der Waals surface area contributed by atoms with Crippen LogP contribution < -0.4 is 4.90 Å². The Morgan fingerprint density at radius 2 is 1.65 bits per heavy atom. The molecule has 112 valence electrons. The number of halogens is 1. The van der Waals surface area contributed by atoms with Crippen LogP contribution in [0.4, 0.5) is 5.69 Å². The third kappa shape index (κ3) is 4.23. The Bertz CT molecular complexity index is 391. The lowest BCUT2D eigenvalue weighted by Gasteiger charge is -2.40. The van der Waals surface area contributed by atoms with Crippen molar-refractivity contribution < 1.29 is 0 Å². The first-order valence-electron chi connectivity index (χ1n) is 7.59. The normalized spacial score (nSPS) is 19.1.